The Bertz CT molecular complexity index is 847. The maximum atomic E-state index is 12.6. The monoisotopic (exact) mass is 312 g/mol. The van der Waals surface area contributed by atoms with Gasteiger partial charge in [-0.25, -0.2) is 9.67 Å². The van der Waals surface area contributed by atoms with E-state index in [1.165, 1.54) is 0 Å². The molecule has 0 radical (unpaired) electrons. The van der Waals surface area contributed by atoms with Crippen molar-refractivity contribution in [1.29, 1.82) is 0 Å². The Hall–Kier alpha value is -2.63. The third-order valence-corrected chi connectivity index (χ3v) is 3.71. The van der Waals surface area contributed by atoms with Gasteiger partial charge >= 0.3 is 0 Å². The van der Waals surface area contributed by atoms with Crippen LogP contribution in [0.2, 0.25) is 0 Å². The first-order valence-electron chi connectivity index (χ1n) is 7.59. The zero-order valence-electron chi connectivity index (χ0n) is 13.8. The summed E-state index contributed by atoms with van der Waals surface area (Å²) in [5.41, 5.74) is 1.34. The maximum absolute atomic E-state index is 12.6. The molecule has 3 aromatic rings. The Labute approximate surface area is 134 Å². The van der Waals surface area contributed by atoms with Gasteiger partial charge in [-0.15, -0.1) is 0 Å². The van der Waals surface area contributed by atoms with Crippen LogP contribution in [0.25, 0.3) is 11.0 Å². The van der Waals surface area contributed by atoms with Gasteiger partial charge in [0.25, 0.3) is 5.91 Å². The first-order valence-corrected chi connectivity index (χ1v) is 7.59. The average Bonchev–Trinajstić information content (AvgIpc) is 3.11. The van der Waals surface area contributed by atoms with Gasteiger partial charge in [0.1, 0.15) is 11.5 Å². The summed E-state index contributed by atoms with van der Waals surface area (Å²) in [5, 5.41) is 5.19. The van der Waals surface area contributed by atoms with Crippen molar-refractivity contribution in [2.45, 2.75) is 33.4 Å². The standard InChI is InChI=1S/C17H20N4O2/c1-11(2)21-16-13(9-19-21)7-14(8-18-16)17(22)20(4)10-15-6-5-12(3)23-15/h5-9,11H,10H2,1-4H3. The highest BCUT2D eigenvalue weighted by atomic mass is 16.3. The Morgan fingerprint density at radius 3 is 2.78 bits per heavy atom. The lowest BCUT2D eigenvalue weighted by Gasteiger charge is -2.15. The second kappa shape index (κ2) is 5.87. The molecule has 0 unspecified atom stereocenters. The van der Waals surface area contributed by atoms with Gasteiger partial charge in [0.2, 0.25) is 0 Å². The molecule has 0 aromatic carbocycles. The van der Waals surface area contributed by atoms with E-state index in [0.29, 0.717) is 12.1 Å². The number of hydrogen-bond donors (Lipinski definition) is 0. The minimum absolute atomic E-state index is 0.0919. The number of hydrogen-bond acceptors (Lipinski definition) is 4. The van der Waals surface area contributed by atoms with E-state index in [-0.39, 0.29) is 11.9 Å². The summed E-state index contributed by atoms with van der Waals surface area (Å²) >= 11 is 0. The van der Waals surface area contributed by atoms with Gasteiger partial charge in [-0.2, -0.15) is 5.10 Å². The molecule has 0 aliphatic carbocycles. The highest BCUT2D eigenvalue weighted by Crippen LogP contribution is 2.18. The number of furan rings is 1. The molecule has 0 saturated carbocycles. The van der Waals surface area contributed by atoms with Crippen LogP contribution in [-0.2, 0) is 6.54 Å². The largest absolute Gasteiger partial charge is 0.464 e. The first kappa shape index (κ1) is 15.3. The molecule has 0 fully saturated rings. The van der Waals surface area contributed by atoms with E-state index in [1.807, 2.05) is 43.7 Å². The molecule has 23 heavy (non-hydrogen) atoms. The number of aryl methyl sites for hydroxylation is 1. The van der Waals surface area contributed by atoms with Crippen molar-refractivity contribution in [3.8, 4) is 0 Å². The molecular weight excluding hydrogens is 292 g/mol. The van der Waals surface area contributed by atoms with Crippen LogP contribution in [0, 0.1) is 6.92 Å². The third-order valence-electron chi connectivity index (χ3n) is 3.71. The van der Waals surface area contributed by atoms with Crippen LogP contribution < -0.4 is 0 Å². The lowest BCUT2D eigenvalue weighted by atomic mass is 10.2. The topological polar surface area (TPSA) is 64.2 Å². The van der Waals surface area contributed by atoms with Crippen molar-refractivity contribution in [2.24, 2.45) is 0 Å². The lowest BCUT2D eigenvalue weighted by molar-refractivity contribution is 0.0775. The number of carbonyl (C=O) groups is 1. The van der Waals surface area contributed by atoms with Gasteiger partial charge in [-0.3, -0.25) is 4.79 Å². The summed E-state index contributed by atoms with van der Waals surface area (Å²) in [5.74, 6) is 1.51. The van der Waals surface area contributed by atoms with Crippen molar-refractivity contribution in [1.82, 2.24) is 19.7 Å². The van der Waals surface area contributed by atoms with Gasteiger partial charge in [-0.05, 0) is 39.0 Å². The van der Waals surface area contributed by atoms with E-state index >= 15 is 0 Å². The van der Waals surface area contributed by atoms with Crippen LogP contribution in [-0.4, -0.2) is 32.6 Å². The van der Waals surface area contributed by atoms with E-state index in [4.69, 9.17) is 4.42 Å². The van der Waals surface area contributed by atoms with E-state index in [9.17, 15) is 4.79 Å². The Morgan fingerprint density at radius 2 is 2.13 bits per heavy atom. The molecule has 6 nitrogen and oxygen atoms in total. The normalized spacial score (nSPS) is 11.3. The molecule has 6 heteroatoms. The van der Waals surface area contributed by atoms with Crippen molar-refractivity contribution in [3.05, 3.63) is 47.7 Å². The summed E-state index contributed by atoms with van der Waals surface area (Å²) < 4.78 is 7.36. The number of rotatable bonds is 4. The van der Waals surface area contributed by atoms with E-state index in [1.54, 1.807) is 24.3 Å². The molecular formula is C17H20N4O2. The van der Waals surface area contributed by atoms with Gasteiger partial charge < -0.3 is 9.32 Å². The molecule has 0 atom stereocenters. The van der Waals surface area contributed by atoms with Crippen molar-refractivity contribution >= 4 is 16.9 Å². The van der Waals surface area contributed by atoms with Gasteiger partial charge in [0.05, 0.1) is 18.3 Å². The molecule has 3 heterocycles. The lowest BCUT2D eigenvalue weighted by Crippen LogP contribution is -2.26. The highest BCUT2D eigenvalue weighted by Gasteiger charge is 2.16. The average molecular weight is 312 g/mol. The van der Waals surface area contributed by atoms with Gasteiger partial charge in [0, 0.05) is 24.7 Å². The van der Waals surface area contributed by atoms with Crippen LogP contribution in [0.1, 0.15) is 41.8 Å². The molecule has 0 aliphatic heterocycles. The molecule has 0 N–H and O–H groups in total. The van der Waals surface area contributed by atoms with Gasteiger partial charge in [0.15, 0.2) is 5.65 Å². The van der Waals surface area contributed by atoms with Gasteiger partial charge in [-0.1, -0.05) is 0 Å². The smallest absolute Gasteiger partial charge is 0.255 e. The SMILES string of the molecule is Cc1ccc(CN(C)C(=O)c2cnc3c(cnn3C(C)C)c2)o1. The molecule has 120 valence electrons. The zero-order valence-corrected chi connectivity index (χ0v) is 13.8. The van der Waals surface area contributed by atoms with Crippen LogP contribution in [0.4, 0.5) is 0 Å². The van der Waals surface area contributed by atoms with E-state index in [0.717, 1.165) is 22.6 Å². The zero-order chi connectivity index (χ0) is 16.6. The Kier molecular flexibility index (Phi) is 3.90. The summed E-state index contributed by atoms with van der Waals surface area (Å²) in [4.78, 5) is 18.6. The van der Waals surface area contributed by atoms with Crippen LogP contribution in [0.15, 0.2) is 35.0 Å². The Balaban J connectivity index is 1.82. The minimum atomic E-state index is -0.0919. The van der Waals surface area contributed by atoms with E-state index < -0.39 is 0 Å². The quantitative estimate of drug-likeness (QED) is 0.742. The van der Waals surface area contributed by atoms with Crippen molar-refractivity contribution < 1.29 is 9.21 Å². The third kappa shape index (κ3) is 2.97. The molecule has 0 bridgehead atoms. The van der Waals surface area contributed by atoms with Crippen LogP contribution >= 0.6 is 0 Å². The number of amides is 1. The highest BCUT2D eigenvalue weighted by molar-refractivity contribution is 5.96. The van der Waals surface area contributed by atoms with E-state index in [2.05, 4.69) is 10.1 Å². The molecule has 1 amide bonds. The predicted molar refractivity (Wildman–Crippen MR) is 87.2 cm³/mol. The summed E-state index contributed by atoms with van der Waals surface area (Å²) in [6.45, 7) is 6.41. The fraction of sp³-hybridized carbons (Fsp3) is 0.353. The molecule has 0 saturated heterocycles. The minimum Gasteiger partial charge on any atom is -0.464 e. The number of aromatic nitrogens is 3. The first-order chi connectivity index (χ1) is 11.0. The molecule has 3 rings (SSSR count). The fourth-order valence-electron chi connectivity index (χ4n) is 2.53. The van der Waals surface area contributed by atoms with Crippen LogP contribution in [0.3, 0.4) is 0 Å². The Morgan fingerprint density at radius 1 is 1.35 bits per heavy atom. The number of pyridine rings is 1. The van der Waals surface area contributed by atoms with Crippen molar-refractivity contribution in [2.75, 3.05) is 7.05 Å². The number of carbonyl (C=O) groups excluding carboxylic acids is 1. The number of nitrogens with zero attached hydrogens (tertiary/aromatic N) is 4. The molecule has 0 spiro atoms. The predicted octanol–water partition coefficient (Wildman–Crippen LogP) is 3.19. The second-order valence-electron chi connectivity index (χ2n) is 5.99. The fourth-order valence-corrected chi connectivity index (χ4v) is 2.53. The van der Waals surface area contributed by atoms with Crippen molar-refractivity contribution in [3.63, 3.8) is 0 Å². The molecule has 3 aromatic heterocycles. The summed E-state index contributed by atoms with van der Waals surface area (Å²) in [7, 11) is 1.75. The molecule has 0 aliphatic rings. The summed E-state index contributed by atoms with van der Waals surface area (Å²) in [6.07, 6.45) is 3.35. The maximum Gasteiger partial charge on any atom is 0.255 e. The second-order valence-corrected chi connectivity index (χ2v) is 5.99. The number of fused-ring (bicyclic) bond motifs is 1. The van der Waals surface area contributed by atoms with Crippen LogP contribution in [0.5, 0.6) is 0 Å². The summed E-state index contributed by atoms with van der Waals surface area (Å²) in [6, 6.07) is 5.83.